The standard InChI is InChI=1S/C12H23N3O/c1-4-5-14(3)10-12(16)11-15-8-6-13(2)7-9-15/h1,12,16H,5-11H2,2-3H3. The first-order valence-corrected chi connectivity index (χ1v) is 5.82. The molecule has 1 atom stereocenters. The van der Waals surface area contributed by atoms with Gasteiger partial charge in [0.15, 0.2) is 0 Å². The zero-order valence-corrected chi connectivity index (χ0v) is 10.4. The highest BCUT2D eigenvalue weighted by Crippen LogP contribution is 2.01. The van der Waals surface area contributed by atoms with Gasteiger partial charge in [-0.1, -0.05) is 5.92 Å². The smallest absolute Gasteiger partial charge is 0.0794 e. The number of aliphatic hydroxyl groups is 1. The Morgan fingerprint density at radius 3 is 2.56 bits per heavy atom. The maximum Gasteiger partial charge on any atom is 0.0794 e. The minimum absolute atomic E-state index is 0.304. The van der Waals surface area contributed by atoms with Crippen LogP contribution in [0.3, 0.4) is 0 Å². The molecule has 1 N–H and O–H groups in total. The van der Waals surface area contributed by atoms with Gasteiger partial charge in [0.25, 0.3) is 0 Å². The molecule has 0 aliphatic carbocycles. The van der Waals surface area contributed by atoms with Crippen LogP contribution in [0.4, 0.5) is 0 Å². The molecule has 0 bridgehead atoms. The zero-order chi connectivity index (χ0) is 12.0. The van der Waals surface area contributed by atoms with Gasteiger partial charge >= 0.3 is 0 Å². The summed E-state index contributed by atoms with van der Waals surface area (Å²) in [6.45, 7) is 6.28. The average Bonchev–Trinajstić information content (AvgIpc) is 2.21. The van der Waals surface area contributed by atoms with E-state index in [-0.39, 0.29) is 6.10 Å². The number of piperazine rings is 1. The van der Waals surface area contributed by atoms with Gasteiger partial charge in [0.1, 0.15) is 0 Å². The first kappa shape index (κ1) is 13.5. The molecule has 16 heavy (non-hydrogen) atoms. The summed E-state index contributed by atoms with van der Waals surface area (Å²) in [6, 6.07) is 0. The Balaban J connectivity index is 2.19. The van der Waals surface area contributed by atoms with E-state index in [4.69, 9.17) is 6.42 Å². The molecule has 1 fully saturated rings. The van der Waals surface area contributed by atoms with Crippen molar-refractivity contribution in [1.82, 2.24) is 14.7 Å². The van der Waals surface area contributed by atoms with Crippen molar-refractivity contribution in [3.05, 3.63) is 0 Å². The number of rotatable bonds is 5. The third-order valence-corrected chi connectivity index (χ3v) is 2.95. The van der Waals surface area contributed by atoms with Crippen molar-refractivity contribution in [3.8, 4) is 12.3 Å². The molecule has 0 amide bonds. The predicted octanol–water partition coefficient (Wildman–Crippen LogP) is -0.840. The van der Waals surface area contributed by atoms with Crippen LogP contribution in [0.2, 0.25) is 0 Å². The van der Waals surface area contributed by atoms with Gasteiger partial charge in [-0.15, -0.1) is 6.42 Å². The fraction of sp³-hybridized carbons (Fsp3) is 0.833. The van der Waals surface area contributed by atoms with E-state index in [1.807, 2.05) is 11.9 Å². The van der Waals surface area contributed by atoms with Crippen LogP contribution < -0.4 is 0 Å². The lowest BCUT2D eigenvalue weighted by atomic mass is 10.2. The van der Waals surface area contributed by atoms with Crippen molar-refractivity contribution in [2.75, 3.05) is 59.9 Å². The van der Waals surface area contributed by atoms with Gasteiger partial charge in [-0.2, -0.15) is 0 Å². The molecule has 4 heteroatoms. The average molecular weight is 225 g/mol. The molecule has 0 saturated carbocycles. The van der Waals surface area contributed by atoms with Crippen molar-refractivity contribution in [2.24, 2.45) is 0 Å². The molecule has 1 saturated heterocycles. The van der Waals surface area contributed by atoms with Crippen LogP contribution in [0.1, 0.15) is 0 Å². The fourth-order valence-electron chi connectivity index (χ4n) is 1.97. The van der Waals surface area contributed by atoms with E-state index >= 15 is 0 Å². The molecule has 4 nitrogen and oxygen atoms in total. The summed E-state index contributed by atoms with van der Waals surface area (Å²) in [4.78, 5) is 6.60. The summed E-state index contributed by atoms with van der Waals surface area (Å²) in [7, 11) is 4.07. The van der Waals surface area contributed by atoms with E-state index in [2.05, 4.69) is 22.8 Å². The Labute approximate surface area is 98.8 Å². The third-order valence-electron chi connectivity index (χ3n) is 2.95. The van der Waals surface area contributed by atoms with E-state index in [0.29, 0.717) is 13.1 Å². The van der Waals surface area contributed by atoms with Gasteiger partial charge in [0.05, 0.1) is 12.6 Å². The molecule has 0 aromatic rings. The Bertz CT molecular complexity index is 231. The number of β-amino-alcohol motifs (C(OH)–C–C–N with tert-alkyl or cyclic N) is 1. The second kappa shape index (κ2) is 6.87. The van der Waals surface area contributed by atoms with Gasteiger partial charge in [0.2, 0.25) is 0 Å². The monoisotopic (exact) mass is 225 g/mol. The molecule has 92 valence electrons. The number of hydrogen-bond donors (Lipinski definition) is 1. The number of hydrogen-bond acceptors (Lipinski definition) is 4. The molecule has 0 spiro atoms. The highest BCUT2D eigenvalue weighted by Gasteiger charge is 2.17. The minimum Gasteiger partial charge on any atom is -0.390 e. The van der Waals surface area contributed by atoms with Crippen molar-refractivity contribution in [2.45, 2.75) is 6.10 Å². The third kappa shape index (κ3) is 4.95. The van der Waals surface area contributed by atoms with Crippen molar-refractivity contribution >= 4 is 0 Å². The van der Waals surface area contributed by atoms with Crippen LogP contribution in [0.15, 0.2) is 0 Å². The Morgan fingerprint density at radius 2 is 2.00 bits per heavy atom. The molecule has 1 aliphatic rings. The molecule has 1 rings (SSSR count). The quantitative estimate of drug-likeness (QED) is 0.618. The highest BCUT2D eigenvalue weighted by atomic mass is 16.3. The molecule has 0 aromatic heterocycles. The lowest BCUT2D eigenvalue weighted by molar-refractivity contribution is 0.0632. The maximum absolute atomic E-state index is 9.90. The molecule has 0 aromatic carbocycles. The maximum atomic E-state index is 9.90. The fourth-order valence-corrected chi connectivity index (χ4v) is 1.97. The van der Waals surface area contributed by atoms with Gasteiger partial charge < -0.3 is 10.0 Å². The number of likely N-dealkylation sites (N-methyl/N-ethyl adjacent to an activating group) is 2. The van der Waals surface area contributed by atoms with Crippen LogP contribution in [-0.2, 0) is 0 Å². The van der Waals surface area contributed by atoms with E-state index in [0.717, 1.165) is 32.7 Å². The molecule has 1 aliphatic heterocycles. The molecule has 1 heterocycles. The van der Waals surface area contributed by atoms with Gasteiger partial charge in [-0.05, 0) is 14.1 Å². The van der Waals surface area contributed by atoms with Gasteiger partial charge in [-0.3, -0.25) is 9.80 Å². The Kier molecular flexibility index (Phi) is 5.78. The van der Waals surface area contributed by atoms with Crippen LogP contribution >= 0.6 is 0 Å². The van der Waals surface area contributed by atoms with E-state index in [1.165, 1.54) is 0 Å². The molecule has 0 radical (unpaired) electrons. The highest BCUT2D eigenvalue weighted by molar-refractivity contribution is 4.87. The summed E-state index contributed by atoms with van der Waals surface area (Å²) in [5, 5.41) is 9.90. The SMILES string of the molecule is C#CCN(C)CC(O)CN1CCN(C)CC1. The topological polar surface area (TPSA) is 30.0 Å². The van der Waals surface area contributed by atoms with Gasteiger partial charge in [0, 0.05) is 39.3 Å². The second-order valence-corrected chi connectivity index (χ2v) is 4.66. The Hall–Kier alpha value is -0.600. The molecule has 1 unspecified atom stereocenters. The Morgan fingerprint density at radius 1 is 1.38 bits per heavy atom. The lowest BCUT2D eigenvalue weighted by Gasteiger charge is -2.34. The van der Waals surface area contributed by atoms with Crippen LogP contribution in [0, 0.1) is 12.3 Å². The van der Waals surface area contributed by atoms with E-state index in [9.17, 15) is 5.11 Å². The summed E-state index contributed by atoms with van der Waals surface area (Å²) >= 11 is 0. The first-order chi connectivity index (χ1) is 7.61. The number of terminal acetylenes is 1. The summed E-state index contributed by atoms with van der Waals surface area (Å²) in [6.07, 6.45) is 4.91. The lowest BCUT2D eigenvalue weighted by Crippen LogP contribution is -2.48. The predicted molar refractivity (Wildman–Crippen MR) is 66.3 cm³/mol. The molecular formula is C12H23N3O. The van der Waals surface area contributed by atoms with Crippen molar-refractivity contribution in [1.29, 1.82) is 0 Å². The van der Waals surface area contributed by atoms with E-state index < -0.39 is 0 Å². The van der Waals surface area contributed by atoms with Crippen LogP contribution in [0.5, 0.6) is 0 Å². The summed E-state index contributed by atoms with van der Waals surface area (Å²) in [5.74, 6) is 2.58. The van der Waals surface area contributed by atoms with Crippen molar-refractivity contribution < 1.29 is 5.11 Å². The van der Waals surface area contributed by atoms with E-state index in [1.54, 1.807) is 0 Å². The van der Waals surface area contributed by atoms with Crippen molar-refractivity contribution in [3.63, 3.8) is 0 Å². The first-order valence-electron chi connectivity index (χ1n) is 5.82. The largest absolute Gasteiger partial charge is 0.390 e. The normalized spacial score (nSPS) is 20.9. The van der Waals surface area contributed by atoms with Gasteiger partial charge in [-0.25, -0.2) is 0 Å². The molecular weight excluding hydrogens is 202 g/mol. The van der Waals surface area contributed by atoms with Crippen LogP contribution in [-0.4, -0.2) is 85.8 Å². The minimum atomic E-state index is -0.304. The summed E-state index contributed by atoms with van der Waals surface area (Å²) in [5.41, 5.74) is 0. The second-order valence-electron chi connectivity index (χ2n) is 4.66. The number of nitrogens with zero attached hydrogens (tertiary/aromatic N) is 3. The summed E-state index contributed by atoms with van der Waals surface area (Å²) < 4.78 is 0. The zero-order valence-electron chi connectivity index (χ0n) is 10.4. The van der Waals surface area contributed by atoms with Crippen LogP contribution in [0.25, 0.3) is 0 Å². The number of aliphatic hydroxyl groups excluding tert-OH is 1.